The van der Waals surface area contributed by atoms with E-state index in [2.05, 4.69) is 32.9 Å². The maximum Gasteiger partial charge on any atom is -0.0127 e. The molecule has 0 heteroatoms. The third-order valence-electron chi connectivity index (χ3n) is 3.73. The highest BCUT2D eigenvalue weighted by Gasteiger charge is 2.33. The Morgan fingerprint density at radius 1 is 1.46 bits per heavy atom. The molecule has 2 rings (SSSR count). The zero-order valence-corrected chi connectivity index (χ0v) is 9.01. The Morgan fingerprint density at radius 2 is 2.23 bits per heavy atom. The highest BCUT2D eigenvalue weighted by atomic mass is 14.4. The first-order valence-corrected chi connectivity index (χ1v) is 5.63. The van der Waals surface area contributed by atoms with E-state index < -0.39 is 0 Å². The van der Waals surface area contributed by atoms with Crippen LogP contribution < -0.4 is 0 Å². The summed E-state index contributed by atoms with van der Waals surface area (Å²) < 4.78 is 0. The highest BCUT2D eigenvalue weighted by Crippen LogP contribution is 2.46. The summed E-state index contributed by atoms with van der Waals surface area (Å²) in [7, 11) is 0. The lowest BCUT2D eigenvalue weighted by Crippen LogP contribution is -2.08. The van der Waals surface area contributed by atoms with E-state index >= 15 is 0 Å². The second-order valence-electron chi connectivity index (χ2n) is 4.78. The first-order chi connectivity index (χ1) is 6.24. The lowest BCUT2D eigenvalue weighted by atomic mass is 9.87. The molecule has 0 N–H and O–H groups in total. The summed E-state index contributed by atoms with van der Waals surface area (Å²) in [5, 5.41) is 0. The van der Waals surface area contributed by atoms with Crippen molar-refractivity contribution in [3.05, 3.63) is 23.3 Å². The van der Waals surface area contributed by atoms with Crippen molar-refractivity contribution in [1.82, 2.24) is 0 Å². The van der Waals surface area contributed by atoms with Gasteiger partial charge in [0, 0.05) is 0 Å². The summed E-state index contributed by atoms with van der Waals surface area (Å²) in [6.07, 6.45) is 8.72. The standard InChI is InChI=1S/C13H20/c1-4-10-8-13(9(2)3)12-7-5-6-11(10)12/h5-6,9-10,13H,4,7-8H2,1-3H3. The zero-order chi connectivity index (χ0) is 9.42. The van der Waals surface area contributed by atoms with Gasteiger partial charge < -0.3 is 0 Å². The van der Waals surface area contributed by atoms with Gasteiger partial charge >= 0.3 is 0 Å². The molecule has 0 saturated carbocycles. The molecule has 2 atom stereocenters. The van der Waals surface area contributed by atoms with Gasteiger partial charge in [-0.1, -0.05) is 38.5 Å². The lowest BCUT2D eigenvalue weighted by Gasteiger charge is -2.18. The smallest absolute Gasteiger partial charge is 0.0127 e. The van der Waals surface area contributed by atoms with Crippen LogP contribution in [0.4, 0.5) is 0 Å². The van der Waals surface area contributed by atoms with Crippen molar-refractivity contribution >= 4 is 0 Å². The van der Waals surface area contributed by atoms with Gasteiger partial charge in [-0.2, -0.15) is 0 Å². The molecule has 13 heavy (non-hydrogen) atoms. The molecule has 0 radical (unpaired) electrons. The van der Waals surface area contributed by atoms with Crippen LogP contribution in [-0.2, 0) is 0 Å². The minimum Gasteiger partial charge on any atom is -0.0802 e. The van der Waals surface area contributed by atoms with E-state index in [0.717, 1.165) is 17.8 Å². The van der Waals surface area contributed by atoms with Crippen molar-refractivity contribution in [3.63, 3.8) is 0 Å². The average molecular weight is 176 g/mol. The molecule has 0 aromatic carbocycles. The third kappa shape index (κ3) is 1.37. The van der Waals surface area contributed by atoms with Crippen LogP contribution in [0.3, 0.4) is 0 Å². The van der Waals surface area contributed by atoms with Crippen molar-refractivity contribution in [2.75, 3.05) is 0 Å². The van der Waals surface area contributed by atoms with E-state index in [-0.39, 0.29) is 0 Å². The fourth-order valence-electron chi connectivity index (χ4n) is 2.94. The van der Waals surface area contributed by atoms with Crippen molar-refractivity contribution in [3.8, 4) is 0 Å². The Morgan fingerprint density at radius 3 is 2.85 bits per heavy atom. The second-order valence-corrected chi connectivity index (χ2v) is 4.78. The van der Waals surface area contributed by atoms with Crippen molar-refractivity contribution in [2.24, 2.45) is 17.8 Å². The molecule has 0 fully saturated rings. The molecular formula is C13H20. The molecular weight excluding hydrogens is 156 g/mol. The first kappa shape index (κ1) is 9.05. The molecule has 0 nitrogen and oxygen atoms in total. The molecule has 2 aliphatic rings. The Balaban J connectivity index is 2.23. The fraction of sp³-hybridized carbons (Fsp3) is 0.692. The van der Waals surface area contributed by atoms with Gasteiger partial charge in [0.2, 0.25) is 0 Å². The molecule has 2 unspecified atom stereocenters. The van der Waals surface area contributed by atoms with Crippen LogP contribution in [0.15, 0.2) is 23.3 Å². The normalized spacial score (nSPS) is 32.0. The molecule has 2 aliphatic carbocycles. The minimum absolute atomic E-state index is 0.835. The van der Waals surface area contributed by atoms with Crippen molar-refractivity contribution < 1.29 is 0 Å². The molecule has 0 saturated heterocycles. The van der Waals surface area contributed by atoms with Crippen LogP contribution in [0.1, 0.15) is 40.0 Å². The van der Waals surface area contributed by atoms with Gasteiger partial charge in [0.1, 0.15) is 0 Å². The Hall–Kier alpha value is -0.520. The molecule has 72 valence electrons. The Kier molecular flexibility index (Phi) is 2.31. The molecule has 0 aromatic rings. The summed E-state index contributed by atoms with van der Waals surface area (Å²) >= 11 is 0. The van der Waals surface area contributed by atoms with Gasteiger partial charge in [-0.15, -0.1) is 0 Å². The molecule has 0 bridgehead atoms. The Labute approximate surface area is 81.7 Å². The van der Waals surface area contributed by atoms with E-state index in [0.29, 0.717) is 0 Å². The average Bonchev–Trinajstić information content (AvgIpc) is 2.61. The van der Waals surface area contributed by atoms with Gasteiger partial charge in [0.05, 0.1) is 0 Å². The van der Waals surface area contributed by atoms with Crippen molar-refractivity contribution in [1.29, 1.82) is 0 Å². The minimum atomic E-state index is 0.835. The quantitative estimate of drug-likeness (QED) is 0.597. The fourth-order valence-corrected chi connectivity index (χ4v) is 2.94. The number of hydrogen-bond donors (Lipinski definition) is 0. The summed E-state index contributed by atoms with van der Waals surface area (Å²) in [6.45, 7) is 7.06. The summed E-state index contributed by atoms with van der Waals surface area (Å²) in [5.41, 5.74) is 3.46. The van der Waals surface area contributed by atoms with Crippen LogP contribution in [0.5, 0.6) is 0 Å². The molecule has 0 amide bonds. The van der Waals surface area contributed by atoms with Crippen LogP contribution in [0.2, 0.25) is 0 Å². The lowest BCUT2D eigenvalue weighted by molar-refractivity contribution is 0.391. The van der Waals surface area contributed by atoms with Crippen LogP contribution in [0, 0.1) is 17.8 Å². The SMILES string of the molecule is CCC1CC(C(C)C)C2=C1C=CC2. The van der Waals surface area contributed by atoms with Crippen molar-refractivity contribution in [2.45, 2.75) is 40.0 Å². The predicted octanol–water partition coefficient (Wildman–Crippen LogP) is 3.95. The number of hydrogen-bond acceptors (Lipinski definition) is 0. The summed E-state index contributed by atoms with van der Waals surface area (Å²) in [6, 6.07) is 0. The van der Waals surface area contributed by atoms with Crippen LogP contribution in [0.25, 0.3) is 0 Å². The van der Waals surface area contributed by atoms with Gasteiger partial charge in [0.15, 0.2) is 0 Å². The predicted molar refractivity (Wildman–Crippen MR) is 57.5 cm³/mol. The van der Waals surface area contributed by atoms with Crippen LogP contribution >= 0.6 is 0 Å². The maximum atomic E-state index is 2.38. The van der Waals surface area contributed by atoms with E-state index in [1.807, 2.05) is 0 Å². The summed E-state index contributed by atoms with van der Waals surface area (Å²) in [4.78, 5) is 0. The van der Waals surface area contributed by atoms with E-state index in [4.69, 9.17) is 0 Å². The highest BCUT2D eigenvalue weighted by molar-refractivity contribution is 5.41. The van der Waals surface area contributed by atoms with E-state index in [9.17, 15) is 0 Å². The number of rotatable bonds is 2. The molecule has 0 heterocycles. The topological polar surface area (TPSA) is 0 Å². The van der Waals surface area contributed by atoms with Gasteiger partial charge in [-0.25, -0.2) is 0 Å². The molecule has 0 aliphatic heterocycles. The Bertz CT molecular complexity index is 255. The second kappa shape index (κ2) is 3.32. The number of allylic oxidation sites excluding steroid dienone is 4. The zero-order valence-electron chi connectivity index (χ0n) is 9.01. The van der Waals surface area contributed by atoms with E-state index in [1.165, 1.54) is 19.3 Å². The maximum absolute atomic E-state index is 2.38. The molecule has 0 aromatic heterocycles. The van der Waals surface area contributed by atoms with Gasteiger partial charge in [-0.05, 0) is 42.6 Å². The van der Waals surface area contributed by atoms with Crippen LogP contribution in [-0.4, -0.2) is 0 Å². The first-order valence-electron chi connectivity index (χ1n) is 5.63. The molecule has 0 spiro atoms. The monoisotopic (exact) mass is 176 g/mol. The largest absolute Gasteiger partial charge is 0.0802 e. The van der Waals surface area contributed by atoms with Gasteiger partial charge in [0.25, 0.3) is 0 Å². The summed E-state index contributed by atoms with van der Waals surface area (Å²) in [5.74, 6) is 2.59. The van der Waals surface area contributed by atoms with Gasteiger partial charge in [-0.3, -0.25) is 0 Å². The van der Waals surface area contributed by atoms with E-state index in [1.54, 1.807) is 11.1 Å². The third-order valence-corrected chi connectivity index (χ3v) is 3.73.